The number of rotatable bonds is 6. The van der Waals surface area contributed by atoms with E-state index in [2.05, 4.69) is 20.8 Å². The molecular weight excluding hydrogens is 437 g/mol. The number of fused-ring (bicyclic) bond motifs is 1. The fourth-order valence-electron chi connectivity index (χ4n) is 2.94. The maximum atomic E-state index is 12.2. The smallest absolute Gasteiger partial charge is 0.324 e. The average molecular weight is 459 g/mol. The molecule has 2 aromatic carbocycles. The number of ether oxygens (including phenoxy) is 3. The SMILES string of the molecule is [2H][13C]([2H])([2H])Oc1cc2nccc(Oc3ccc(NC(=O)Nc4cc(C)on4)c(Cl)c3)c2cc1OC. The molecule has 4 aromatic rings. The normalized spacial score (nSPS) is 12.4. The molecule has 0 aliphatic heterocycles. The molecule has 2 amide bonds. The van der Waals surface area contributed by atoms with Crippen LogP contribution in [-0.4, -0.2) is 30.3 Å². The molecule has 0 saturated carbocycles. The van der Waals surface area contributed by atoms with Gasteiger partial charge >= 0.3 is 6.03 Å². The van der Waals surface area contributed by atoms with Crippen molar-refractivity contribution in [3.05, 3.63) is 59.4 Å². The number of urea groups is 1. The monoisotopic (exact) mass is 458 g/mol. The number of hydrogen-bond acceptors (Lipinski definition) is 7. The van der Waals surface area contributed by atoms with E-state index < -0.39 is 13.1 Å². The first-order chi connectivity index (χ1) is 16.6. The van der Waals surface area contributed by atoms with Crippen LogP contribution in [0.2, 0.25) is 5.02 Å². The van der Waals surface area contributed by atoms with E-state index in [1.165, 1.54) is 25.4 Å². The quantitative estimate of drug-likeness (QED) is 0.360. The number of methoxy groups -OCH3 is 2. The lowest BCUT2D eigenvalue weighted by Crippen LogP contribution is -2.19. The summed E-state index contributed by atoms with van der Waals surface area (Å²) in [5, 5.41) is 9.64. The summed E-state index contributed by atoms with van der Waals surface area (Å²) in [5.41, 5.74) is 0.788. The van der Waals surface area contributed by atoms with Crippen LogP contribution < -0.4 is 24.8 Å². The second kappa shape index (κ2) is 9.03. The number of aromatic nitrogens is 2. The third kappa shape index (κ3) is 4.52. The molecule has 0 spiro atoms. The lowest BCUT2D eigenvalue weighted by atomic mass is 10.2. The van der Waals surface area contributed by atoms with Gasteiger partial charge in [-0.05, 0) is 31.2 Å². The first kappa shape index (κ1) is 17.7. The number of anilines is 2. The van der Waals surface area contributed by atoms with Crippen molar-refractivity contribution in [2.24, 2.45) is 0 Å². The van der Waals surface area contributed by atoms with Gasteiger partial charge in [-0.15, -0.1) is 0 Å². The summed E-state index contributed by atoms with van der Waals surface area (Å²) in [6.45, 7) is 1.71. The maximum Gasteiger partial charge on any atom is 0.324 e. The number of hydrogen-bond donors (Lipinski definition) is 2. The summed E-state index contributed by atoms with van der Waals surface area (Å²) in [6.07, 6.45) is 1.51. The van der Waals surface area contributed by atoms with Crippen molar-refractivity contribution in [3.63, 3.8) is 0 Å². The molecule has 0 bridgehead atoms. The van der Waals surface area contributed by atoms with Gasteiger partial charge in [0, 0.05) is 29.8 Å². The number of halogens is 1. The third-order valence-corrected chi connectivity index (χ3v) is 4.70. The van der Waals surface area contributed by atoms with Crippen LogP contribution in [0.25, 0.3) is 10.9 Å². The minimum atomic E-state index is -2.65. The lowest BCUT2D eigenvalue weighted by molar-refractivity contribution is 0.262. The standard InChI is InChI=1S/C22H19ClN4O5/c1-12-8-21(27-32-12)26-22(28)25-16-5-4-13(9-15(16)23)31-18-6-7-24-17-11-20(30-3)19(29-2)10-14(17)18/h4-11H,1-3H3,(H2,25,26,27,28)/i3+1D3. The predicted octanol–water partition coefficient (Wildman–Crippen LogP) is 5.64. The maximum absolute atomic E-state index is 12.2. The van der Waals surface area contributed by atoms with E-state index in [4.69, 9.17) is 34.4 Å². The molecule has 0 saturated heterocycles. The summed E-state index contributed by atoms with van der Waals surface area (Å²) in [4.78, 5) is 16.4. The van der Waals surface area contributed by atoms with Crippen LogP contribution in [-0.2, 0) is 0 Å². The number of carbonyl (C=O) groups excluding carboxylic acids is 1. The van der Waals surface area contributed by atoms with Gasteiger partial charge in [0.05, 0.1) is 34.5 Å². The number of pyridine rings is 1. The highest BCUT2D eigenvalue weighted by atomic mass is 35.5. The van der Waals surface area contributed by atoms with Crippen molar-refractivity contribution in [3.8, 4) is 23.0 Å². The van der Waals surface area contributed by atoms with Crippen molar-refractivity contribution >= 4 is 40.0 Å². The Balaban J connectivity index is 1.54. The predicted molar refractivity (Wildman–Crippen MR) is 120 cm³/mol. The van der Waals surface area contributed by atoms with Gasteiger partial charge in [0.15, 0.2) is 17.3 Å². The highest BCUT2D eigenvalue weighted by Crippen LogP contribution is 2.37. The first-order valence-electron chi connectivity index (χ1n) is 10.8. The van der Waals surface area contributed by atoms with E-state index in [0.717, 1.165) is 0 Å². The molecule has 0 atom stereocenters. The molecule has 0 aliphatic carbocycles. The van der Waals surface area contributed by atoms with E-state index in [1.807, 2.05) is 0 Å². The summed E-state index contributed by atoms with van der Waals surface area (Å²) in [6, 6.07) is 10.4. The number of benzene rings is 2. The average Bonchev–Trinajstić information content (AvgIpc) is 3.18. The number of aryl methyl sites for hydroxylation is 1. The van der Waals surface area contributed by atoms with E-state index >= 15 is 0 Å². The zero-order valence-corrected chi connectivity index (χ0v) is 17.7. The molecule has 0 aliphatic rings. The molecule has 2 heterocycles. The van der Waals surface area contributed by atoms with Crippen LogP contribution in [0.3, 0.4) is 0 Å². The van der Waals surface area contributed by atoms with Gasteiger partial charge in [-0.3, -0.25) is 10.3 Å². The minimum Gasteiger partial charge on any atom is -0.493 e. The van der Waals surface area contributed by atoms with Crippen LogP contribution in [0.1, 0.15) is 9.87 Å². The lowest BCUT2D eigenvalue weighted by Gasteiger charge is -2.13. The molecule has 2 aromatic heterocycles. The molecule has 32 heavy (non-hydrogen) atoms. The first-order valence-corrected chi connectivity index (χ1v) is 9.63. The van der Waals surface area contributed by atoms with Crippen molar-refractivity contribution in [2.75, 3.05) is 24.8 Å². The van der Waals surface area contributed by atoms with E-state index in [9.17, 15) is 4.79 Å². The zero-order valence-electron chi connectivity index (χ0n) is 19.9. The number of nitrogens with one attached hydrogen (secondary N) is 2. The Morgan fingerprint density at radius 1 is 1.09 bits per heavy atom. The van der Waals surface area contributed by atoms with Crippen LogP contribution in [0, 0.1) is 6.92 Å². The van der Waals surface area contributed by atoms with Gasteiger partial charge in [0.2, 0.25) is 0 Å². The zero-order chi connectivity index (χ0) is 25.2. The van der Waals surface area contributed by atoms with Crippen molar-refractivity contribution in [1.29, 1.82) is 0 Å². The number of nitrogens with zero attached hydrogens (tertiary/aromatic N) is 2. The fraction of sp³-hybridized carbons (Fsp3) is 0.136. The van der Waals surface area contributed by atoms with Crippen LogP contribution in [0.5, 0.6) is 23.0 Å². The molecular formula is C22H19ClN4O5. The Morgan fingerprint density at radius 3 is 2.66 bits per heavy atom. The summed E-state index contributed by atoms with van der Waals surface area (Å²) in [7, 11) is -1.25. The Morgan fingerprint density at radius 2 is 1.94 bits per heavy atom. The van der Waals surface area contributed by atoms with E-state index in [1.54, 1.807) is 37.3 Å². The fourth-order valence-corrected chi connectivity index (χ4v) is 3.16. The topological polar surface area (TPSA) is 108 Å². The Hall–Kier alpha value is -3.98. The molecule has 9 nitrogen and oxygen atoms in total. The van der Waals surface area contributed by atoms with Crippen LogP contribution in [0.4, 0.5) is 16.3 Å². The van der Waals surface area contributed by atoms with Gasteiger partial charge < -0.3 is 24.1 Å². The minimum absolute atomic E-state index is 0.0298. The van der Waals surface area contributed by atoms with Crippen molar-refractivity contribution in [1.82, 2.24) is 10.1 Å². The summed E-state index contributed by atoms with van der Waals surface area (Å²) < 4.78 is 43.2. The number of carbonyl (C=O) groups is 1. The van der Waals surface area contributed by atoms with Gasteiger partial charge in [0.25, 0.3) is 0 Å². The van der Waals surface area contributed by atoms with Crippen molar-refractivity contribution in [2.45, 2.75) is 6.92 Å². The number of amides is 2. The molecule has 10 heteroatoms. The summed E-state index contributed by atoms with van der Waals surface area (Å²) in [5.74, 6) is 1.87. The second-order valence-corrected chi connectivity index (χ2v) is 6.98. The van der Waals surface area contributed by atoms with Crippen LogP contribution >= 0.6 is 11.6 Å². The highest BCUT2D eigenvalue weighted by Gasteiger charge is 2.13. The van der Waals surface area contributed by atoms with E-state index in [-0.39, 0.29) is 22.3 Å². The Bertz CT molecular complexity index is 1390. The third-order valence-electron chi connectivity index (χ3n) is 4.38. The molecule has 0 unspecified atom stereocenters. The Kier molecular flexibility index (Phi) is 4.99. The molecule has 2 N–H and O–H groups in total. The largest absolute Gasteiger partial charge is 0.493 e. The Labute approximate surface area is 192 Å². The second-order valence-electron chi connectivity index (χ2n) is 6.58. The molecule has 0 radical (unpaired) electrons. The summed E-state index contributed by atoms with van der Waals surface area (Å²) >= 11 is 6.34. The van der Waals surface area contributed by atoms with Gasteiger partial charge in [-0.2, -0.15) is 0 Å². The molecule has 0 fully saturated rings. The van der Waals surface area contributed by atoms with Gasteiger partial charge in [-0.1, -0.05) is 16.8 Å². The van der Waals surface area contributed by atoms with Crippen molar-refractivity contribution < 1.29 is 27.6 Å². The van der Waals surface area contributed by atoms with Gasteiger partial charge in [0.1, 0.15) is 17.3 Å². The van der Waals surface area contributed by atoms with Gasteiger partial charge in [-0.25, -0.2) is 4.79 Å². The molecule has 4 rings (SSSR count). The van der Waals surface area contributed by atoms with Crippen LogP contribution in [0.15, 0.2) is 53.2 Å². The molecule has 164 valence electrons. The van der Waals surface area contributed by atoms with E-state index in [0.29, 0.717) is 33.8 Å². The highest BCUT2D eigenvalue weighted by molar-refractivity contribution is 6.34.